The van der Waals surface area contributed by atoms with Gasteiger partial charge in [-0.15, -0.1) is 0 Å². The average Bonchev–Trinajstić information content (AvgIpc) is 3.00. The molecule has 0 radical (unpaired) electrons. The number of esters is 1. The molecule has 4 rings (SSSR count). The molecule has 36 heavy (non-hydrogen) atoms. The van der Waals surface area contributed by atoms with E-state index in [4.69, 9.17) is 26.6 Å². The topological polar surface area (TPSA) is 107 Å². The zero-order chi connectivity index (χ0) is 26.1. The number of carbonyl (C=O) groups excluding carboxylic acids is 1. The van der Waals surface area contributed by atoms with Crippen molar-refractivity contribution in [2.75, 3.05) is 39.3 Å². The Morgan fingerprint density at radius 2 is 1.69 bits per heavy atom. The molecule has 2 aromatic rings. The lowest BCUT2D eigenvalue weighted by atomic mass is 9.96. The maximum Gasteiger partial charge on any atom is 0.328 e. The van der Waals surface area contributed by atoms with E-state index in [1.54, 1.807) is 0 Å². The summed E-state index contributed by atoms with van der Waals surface area (Å²) in [5, 5.41) is 16.4. The van der Waals surface area contributed by atoms with E-state index in [-0.39, 0.29) is 5.97 Å². The third-order valence-electron chi connectivity index (χ3n) is 5.86. The van der Waals surface area contributed by atoms with E-state index in [0.717, 1.165) is 44.2 Å². The minimum atomic E-state index is -1.26. The molecule has 0 aromatic heterocycles. The molecule has 192 valence electrons. The summed E-state index contributed by atoms with van der Waals surface area (Å²) >= 11 is 8.15. The number of piperazine rings is 1. The van der Waals surface area contributed by atoms with Gasteiger partial charge in [0.2, 0.25) is 0 Å². The monoisotopic (exact) mass is 532 g/mol. The summed E-state index contributed by atoms with van der Waals surface area (Å²) in [6, 6.07) is 15.4. The Hall–Kier alpha value is -2.85. The summed E-state index contributed by atoms with van der Waals surface area (Å²) in [7, 11) is 0. The first-order chi connectivity index (χ1) is 17.2. The molecule has 1 fully saturated rings. The van der Waals surface area contributed by atoms with Crippen LogP contribution in [-0.2, 0) is 25.5 Å². The number of carboxylic acid groups (broad SMARTS) is 2. The van der Waals surface area contributed by atoms with Crippen LogP contribution in [0.5, 0.6) is 0 Å². The molecule has 1 atom stereocenters. The number of benzene rings is 2. The number of hydrogen-bond donors (Lipinski definition) is 2. The Morgan fingerprint density at radius 3 is 2.33 bits per heavy atom. The van der Waals surface area contributed by atoms with Gasteiger partial charge >= 0.3 is 17.9 Å². The fourth-order valence-electron chi connectivity index (χ4n) is 4.18. The van der Waals surface area contributed by atoms with E-state index in [1.165, 1.54) is 27.8 Å². The highest BCUT2D eigenvalue weighted by molar-refractivity contribution is 7.99. The number of hydrogen-bond acceptors (Lipinski definition) is 7. The first kappa shape index (κ1) is 27.7. The largest absolute Gasteiger partial charge is 0.478 e. The van der Waals surface area contributed by atoms with Gasteiger partial charge in [-0.1, -0.05) is 41.6 Å². The number of ether oxygens (including phenoxy) is 1. The zero-order valence-electron chi connectivity index (χ0n) is 19.9. The molecule has 2 N–H and O–H groups in total. The highest BCUT2D eigenvalue weighted by Gasteiger charge is 2.29. The van der Waals surface area contributed by atoms with Gasteiger partial charge in [0.05, 0.1) is 0 Å². The molecule has 2 aliphatic heterocycles. The molecule has 2 aromatic carbocycles. The molecular weight excluding hydrogens is 504 g/mol. The summed E-state index contributed by atoms with van der Waals surface area (Å²) in [5.41, 5.74) is 2.74. The lowest BCUT2D eigenvalue weighted by Gasteiger charge is -2.39. The van der Waals surface area contributed by atoms with Crippen molar-refractivity contribution in [3.63, 3.8) is 0 Å². The Labute approximate surface area is 219 Å². The molecule has 0 saturated carbocycles. The maximum atomic E-state index is 11.0. The van der Waals surface area contributed by atoms with E-state index in [9.17, 15) is 14.4 Å². The van der Waals surface area contributed by atoms with E-state index < -0.39 is 11.9 Å². The number of fused-ring (bicyclic) bond motifs is 2. The molecule has 0 spiro atoms. The lowest BCUT2D eigenvalue weighted by molar-refractivity contribution is -0.141. The summed E-state index contributed by atoms with van der Waals surface area (Å²) < 4.78 is 5.09. The van der Waals surface area contributed by atoms with Crippen molar-refractivity contribution in [2.24, 2.45) is 0 Å². The van der Waals surface area contributed by atoms with Gasteiger partial charge in [0.25, 0.3) is 0 Å². The van der Waals surface area contributed by atoms with Crippen LogP contribution in [0.3, 0.4) is 0 Å². The first-order valence-electron chi connectivity index (χ1n) is 11.5. The van der Waals surface area contributed by atoms with Gasteiger partial charge in [-0.2, -0.15) is 0 Å². The Bertz CT molecular complexity index is 1100. The molecule has 10 heteroatoms. The predicted octanol–water partition coefficient (Wildman–Crippen LogP) is 3.98. The quantitative estimate of drug-likeness (QED) is 0.422. The number of rotatable bonds is 6. The molecular formula is C26H29ClN2O6S. The average molecular weight is 533 g/mol. The SMILES string of the molecule is CC(=O)OCCN1CCN(C2Cc3cc(Cl)ccc3Sc3ccccc32)CC1.O=C(O)/C=C\C(=O)O. The van der Waals surface area contributed by atoms with Gasteiger partial charge in [-0.05, 0) is 41.8 Å². The Balaban J connectivity index is 0.000000392. The van der Waals surface area contributed by atoms with Crippen molar-refractivity contribution >= 4 is 41.3 Å². The van der Waals surface area contributed by atoms with Crippen molar-refractivity contribution < 1.29 is 29.3 Å². The number of carbonyl (C=O) groups is 3. The van der Waals surface area contributed by atoms with Crippen LogP contribution in [0.15, 0.2) is 64.4 Å². The molecule has 1 unspecified atom stereocenters. The van der Waals surface area contributed by atoms with Gasteiger partial charge in [0.15, 0.2) is 0 Å². The predicted molar refractivity (Wildman–Crippen MR) is 138 cm³/mol. The van der Waals surface area contributed by atoms with Gasteiger partial charge in [-0.3, -0.25) is 14.6 Å². The molecule has 8 nitrogen and oxygen atoms in total. The van der Waals surface area contributed by atoms with Crippen molar-refractivity contribution in [1.29, 1.82) is 0 Å². The zero-order valence-corrected chi connectivity index (χ0v) is 21.5. The fraction of sp³-hybridized carbons (Fsp3) is 0.346. The van der Waals surface area contributed by atoms with Crippen molar-refractivity contribution in [2.45, 2.75) is 29.2 Å². The molecule has 0 amide bonds. The van der Waals surface area contributed by atoms with Crippen LogP contribution in [0.2, 0.25) is 5.02 Å². The molecule has 0 bridgehead atoms. The third-order valence-corrected chi connectivity index (χ3v) is 7.31. The smallest absolute Gasteiger partial charge is 0.328 e. The van der Waals surface area contributed by atoms with E-state index in [1.807, 2.05) is 17.8 Å². The normalized spacial score (nSPS) is 17.8. The van der Waals surface area contributed by atoms with E-state index >= 15 is 0 Å². The van der Waals surface area contributed by atoms with Crippen LogP contribution in [0.25, 0.3) is 0 Å². The second-order valence-electron chi connectivity index (χ2n) is 8.34. The van der Waals surface area contributed by atoms with Crippen LogP contribution < -0.4 is 0 Å². The van der Waals surface area contributed by atoms with Crippen LogP contribution >= 0.6 is 23.4 Å². The number of halogens is 1. The van der Waals surface area contributed by atoms with Gasteiger partial charge in [0.1, 0.15) is 6.61 Å². The third kappa shape index (κ3) is 8.37. The van der Waals surface area contributed by atoms with Crippen molar-refractivity contribution in [3.8, 4) is 0 Å². The number of aliphatic carboxylic acids is 2. The second kappa shape index (κ2) is 13.5. The standard InChI is InChI=1S/C22H25ClN2O2S.C4H4O4/c1-16(26)27-13-12-24-8-10-25(11-9-24)20-15-17-14-18(23)6-7-21(17)28-22-5-3-2-4-19(20)22;5-3(6)1-2-4(7)8/h2-7,14,20H,8-13,15H2,1H3;1-2H,(H,5,6)(H,7,8)/b;2-1-. The first-order valence-corrected chi connectivity index (χ1v) is 12.7. The summed E-state index contributed by atoms with van der Waals surface area (Å²) in [6.45, 7) is 6.76. The van der Waals surface area contributed by atoms with E-state index in [2.05, 4.69) is 46.2 Å². The van der Waals surface area contributed by atoms with Crippen LogP contribution in [0, 0.1) is 0 Å². The minimum absolute atomic E-state index is 0.205. The van der Waals surface area contributed by atoms with Crippen LogP contribution in [0.1, 0.15) is 24.1 Å². The Morgan fingerprint density at radius 1 is 1.03 bits per heavy atom. The highest BCUT2D eigenvalue weighted by Crippen LogP contribution is 2.43. The van der Waals surface area contributed by atoms with Crippen molar-refractivity contribution in [1.82, 2.24) is 9.80 Å². The number of carboxylic acids is 2. The van der Waals surface area contributed by atoms with Gasteiger partial charge in [-0.25, -0.2) is 9.59 Å². The molecule has 2 aliphatic rings. The van der Waals surface area contributed by atoms with Crippen LogP contribution in [0.4, 0.5) is 0 Å². The van der Waals surface area contributed by atoms with Crippen molar-refractivity contribution in [3.05, 3.63) is 70.8 Å². The fourth-order valence-corrected chi connectivity index (χ4v) is 5.49. The second-order valence-corrected chi connectivity index (χ2v) is 9.86. The molecule has 0 aliphatic carbocycles. The highest BCUT2D eigenvalue weighted by atomic mass is 35.5. The van der Waals surface area contributed by atoms with Gasteiger partial charge in [0, 0.05) is 72.7 Å². The molecule has 1 saturated heterocycles. The minimum Gasteiger partial charge on any atom is -0.478 e. The van der Waals surface area contributed by atoms with Gasteiger partial charge < -0.3 is 14.9 Å². The van der Waals surface area contributed by atoms with E-state index in [0.29, 0.717) is 24.8 Å². The Kier molecular flexibility index (Phi) is 10.4. The maximum absolute atomic E-state index is 11.0. The summed E-state index contributed by atoms with van der Waals surface area (Å²) in [6.07, 6.45) is 2.10. The molecule has 2 heterocycles. The number of nitrogens with zero attached hydrogens (tertiary/aromatic N) is 2. The summed E-state index contributed by atoms with van der Waals surface area (Å²) in [5.74, 6) is -2.72. The van der Waals surface area contributed by atoms with Crippen LogP contribution in [-0.4, -0.2) is 77.3 Å². The lowest BCUT2D eigenvalue weighted by Crippen LogP contribution is -2.48. The summed E-state index contributed by atoms with van der Waals surface area (Å²) in [4.78, 5) is 37.7.